The fourth-order valence-corrected chi connectivity index (χ4v) is 2.54. The van der Waals surface area contributed by atoms with Gasteiger partial charge >= 0.3 is 0 Å². The molecule has 1 aromatic carbocycles. The molecule has 1 fully saturated rings. The molecule has 4 heteroatoms. The van der Waals surface area contributed by atoms with Gasteiger partial charge in [-0.15, -0.1) is 0 Å². The normalized spacial score (nSPS) is 17.4. The smallest absolute Gasteiger partial charge is 0.143 e. The van der Waals surface area contributed by atoms with Crippen molar-refractivity contribution >= 4 is 5.69 Å². The van der Waals surface area contributed by atoms with Gasteiger partial charge in [0.1, 0.15) is 17.4 Å². The second kappa shape index (κ2) is 6.03. The molecular formula is C15H20FN3. The van der Waals surface area contributed by atoms with Gasteiger partial charge in [0.05, 0.1) is 5.69 Å². The lowest BCUT2D eigenvalue weighted by Crippen LogP contribution is -2.42. The minimum Gasteiger partial charge on any atom is -0.381 e. The van der Waals surface area contributed by atoms with Crippen LogP contribution in [0.25, 0.3) is 0 Å². The average molecular weight is 261 g/mol. The zero-order valence-electron chi connectivity index (χ0n) is 11.5. The topological polar surface area (TPSA) is 39.1 Å². The molecule has 1 N–H and O–H groups in total. The van der Waals surface area contributed by atoms with Gasteiger partial charge in [0, 0.05) is 25.2 Å². The second-order valence-electron chi connectivity index (χ2n) is 5.32. The molecule has 0 aromatic heterocycles. The van der Waals surface area contributed by atoms with Crippen molar-refractivity contribution in [1.82, 2.24) is 4.90 Å². The summed E-state index contributed by atoms with van der Waals surface area (Å²) in [7, 11) is 0. The van der Waals surface area contributed by atoms with Gasteiger partial charge in [-0.2, -0.15) is 5.26 Å². The van der Waals surface area contributed by atoms with Crippen LogP contribution in [0.5, 0.6) is 0 Å². The van der Waals surface area contributed by atoms with Crippen LogP contribution in [-0.4, -0.2) is 30.1 Å². The molecule has 0 saturated carbocycles. The van der Waals surface area contributed by atoms with Crippen LogP contribution in [0.3, 0.4) is 0 Å². The number of hydrogen-bond donors (Lipinski definition) is 1. The highest BCUT2D eigenvalue weighted by Gasteiger charge is 2.21. The number of nitrogens with zero attached hydrogens (tertiary/aromatic N) is 2. The molecule has 0 unspecified atom stereocenters. The number of piperidine rings is 1. The number of halogens is 1. The van der Waals surface area contributed by atoms with Crippen molar-refractivity contribution in [3.05, 3.63) is 29.6 Å². The molecule has 102 valence electrons. The molecule has 0 spiro atoms. The van der Waals surface area contributed by atoms with Crippen LogP contribution >= 0.6 is 0 Å². The van der Waals surface area contributed by atoms with Crippen molar-refractivity contribution in [3.8, 4) is 6.07 Å². The van der Waals surface area contributed by atoms with E-state index in [2.05, 4.69) is 24.1 Å². The van der Waals surface area contributed by atoms with E-state index in [1.807, 2.05) is 6.07 Å². The van der Waals surface area contributed by atoms with Gasteiger partial charge < -0.3 is 10.2 Å². The lowest BCUT2D eigenvalue weighted by atomic mass is 10.0. The number of nitrogens with one attached hydrogen (secondary N) is 1. The van der Waals surface area contributed by atoms with E-state index in [9.17, 15) is 4.39 Å². The zero-order valence-corrected chi connectivity index (χ0v) is 11.5. The highest BCUT2D eigenvalue weighted by molar-refractivity contribution is 5.58. The number of rotatable bonds is 3. The van der Waals surface area contributed by atoms with Crippen molar-refractivity contribution in [1.29, 1.82) is 5.26 Å². The number of hydrogen-bond acceptors (Lipinski definition) is 3. The van der Waals surface area contributed by atoms with Crippen LogP contribution < -0.4 is 5.32 Å². The van der Waals surface area contributed by atoms with Crippen molar-refractivity contribution in [2.75, 3.05) is 18.4 Å². The van der Waals surface area contributed by atoms with Gasteiger partial charge in [-0.3, -0.25) is 0 Å². The molecule has 1 aliphatic heterocycles. The van der Waals surface area contributed by atoms with Gasteiger partial charge in [0.25, 0.3) is 0 Å². The molecule has 0 aliphatic carbocycles. The molecule has 0 amide bonds. The Morgan fingerprint density at radius 3 is 2.63 bits per heavy atom. The fraction of sp³-hybridized carbons (Fsp3) is 0.533. The Kier molecular flexibility index (Phi) is 4.39. The maximum Gasteiger partial charge on any atom is 0.143 e. The number of anilines is 1. The third-order valence-corrected chi connectivity index (χ3v) is 3.74. The quantitative estimate of drug-likeness (QED) is 0.909. The summed E-state index contributed by atoms with van der Waals surface area (Å²) in [4.78, 5) is 2.44. The maximum absolute atomic E-state index is 13.5. The van der Waals surface area contributed by atoms with Gasteiger partial charge in [-0.25, -0.2) is 4.39 Å². The molecule has 3 nitrogen and oxygen atoms in total. The SMILES string of the molecule is CC(C)N1CCC(Nc2cccc(F)c2C#N)CC1. The Morgan fingerprint density at radius 2 is 2.05 bits per heavy atom. The van der Waals surface area contributed by atoms with Crippen LogP contribution in [-0.2, 0) is 0 Å². The molecule has 0 atom stereocenters. The summed E-state index contributed by atoms with van der Waals surface area (Å²) in [6, 6.07) is 7.57. The molecule has 0 radical (unpaired) electrons. The van der Waals surface area contributed by atoms with Gasteiger partial charge in [-0.05, 0) is 38.8 Å². The van der Waals surface area contributed by atoms with Crippen molar-refractivity contribution < 1.29 is 4.39 Å². The number of benzene rings is 1. The summed E-state index contributed by atoms with van der Waals surface area (Å²) in [6.07, 6.45) is 2.05. The van der Waals surface area contributed by atoms with Gasteiger partial charge in [0.2, 0.25) is 0 Å². The monoisotopic (exact) mass is 261 g/mol. The lowest BCUT2D eigenvalue weighted by molar-refractivity contribution is 0.177. The predicted octanol–water partition coefficient (Wildman–Crippen LogP) is 2.98. The highest BCUT2D eigenvalue weighted by Crippen LogP contribution is 2.22. The molecule has 1 saturated heterocycles. The Hall–Kier alpha value is -1.60. The Bertz CT molecular complexity index is 471. The third kappa shape index (κ3) is 3.24. The first-order valence-electron chi connectivity index (χ1n) is 6.81. The van der Waals surface area contributed by atoms with Gasteiger partial charge in [0.15, 0.2) is 0 Å². The molecule has 19 heavy (non-hydrogen) atoms. The first-order valence-corrected chi connectivity index (χ1v) is 6.81. The standard InChI is InChI=1S/C15H20FN3/c1-11(2)19-8-6-12(7-9-19)18-15-5-3-4-14(16)13(15)10-17/h3-5,11-12,18H,6-9H2,1-2H3. The summed E-state index contributed by atoms with van der Waals surface area (Å²) in [5.41, 5.74) is 0.735. The van der Waals surface area contributed by atoms with E-state index in [1.165, 1.54) is 6.07 Å². The van der Waals surface area contributed by atoms with E-state index < -0.39 is 5.82 Å². The van der Waals surface area contributed by atoms with Crippen LogP contribution in [0.15, 0.2) is 18.2 Å². The summed E-state index contributed by atoms with van der Waals surface area (Å²) in [5.74, 6) is -0.452. The lowest BCUT2D eigenvalue weighted by Gasteiger charge is -2.35. The third-order valence-electron chi connectivity index (χ3n) is 3.74. The average Bonchev–Trinajstić information content (AvgIpc) is 2.39. The first-order chi connectivity index (χ1) is 9.11. The summed E-state index contributed by atoms with van der Waals surface area (Å²) in [5, 5.41) is 12.3. The first kappa shape index (κ1) is 13.8. The molecule has 1 aliphatic rings. The van der Waals surface area contributed by atoms with Crippen LogP contribution in [0.1, 0.15) is 32.3 Å². The minimum absolute atomic E-state index is 0.119. The minimum atomic E-state index is -0.452. The number of nitriles is 1. The summed E-state index contributed by atoms with van der Waals surface area (Å²) < 4.78 is 13.5. The maximum atomic E-state index is 13.5. The Morgan fingerprint density at radius 1 is 1.37 bits per heavy atom. The van der Waals surface area contributed by atoms with Gasteiger partial charge in [-0.1, -0.05) is 6.07 Å². The van der Waals surface area contributed by atoms with E-state index in [4.69, 9.17) is 5.26 Å². The van der Waals surface area contributed by atoms with Crippen LogP contribution in [0, 0.1) is 17.1 Å². The van der Waals surface area contributed by atoms with E-state index in [0.29, 0.717) is 17.8 Å². The molecule has 2 rings (SSSR count). The molecule has 0 bridgehead atoms. The Labute approximate surface area is 114 Å². The van der Waals surface area contributed by atoms with Crippen molar-refractivity contribution in [2.24, 2.45) is 0 Å². The largest absolute Gasteiger partial charge is 0.381 e. The van der Waals surface area contributed by atoms with Crippen LogP contribution in [0.2, 0.25) is 0 Å². The Balaban J connectivity index is 2.00. The molecule has 1 aromatic rings. The molecule has 1 heterocycles. The van der Waals surface area contributed by atoms with Crippen molar-refractivity contribution in [2.45, 2.75) is 38.8 Å². The van der Waals surface area contributed by atoms with Crippen LogP contribution in [0.4, 0.5) is 10.1 Å². The van der Waals surface area contributed by atoms with E-state index in [1.54, 1.807) is 12.1 Å². The summed E-state index contributed by atoms with van der Waals surface area (Å²) >= 11 is 0. The zero-order chi connectivity index (χ0) is 13.8. The van der Waals surface area contributed by atoms with E-state index in [0.717, 1.165) is 25.9 Å². The van der Waals surface area contributed by atoms with Crippen molar-refractivity contribution in [3.63, 3.8) is 0 Å². The highest BCUT2D eigenvalue weighted by atomic mass is 19.1. The number of likely N-dealkylation sites (tertiary alicyclic amines) is 1. The summed E-state index contributed by atoms with van der Waals surface area (Å²) in [6.45, 7) is 6.50. The van der Waals surface area contributed by atoms with E-state index in [-0.39, 0.29) is 5.56 Å². The molecular weight excluding hydrogens is 241 g/mol. The predicted molar refractivity (Wildman–Crippen MR) is 74.5 cm³/mol. The van der Waals surface area contributed by atoms with E-state index >= 15 is 0 Å². The second-order valence-corrected chi connectivity index (χ2v) is 5.32. The fourth-order valence-electron chi connectivity index (χ4n) is 2.54.